The monoisotopic (exact) mass is 364 g/mol. The first kappa shape index (κ1) is 14.1. The summed E-state index contributed by atoms with van der Waals surface area (Å²) in [6, 6.07) is 12.9. The van der Waals surface area contributed by atoms with Crippen LogP contribution < -0.4 is 0 Å². The van der Waals surface area contributed by atoms with Gasteiger partial charge in [-0.05, 0) is 30.3 Å². The maximum atomic E-state index is 11.1. The van der Waals surface area contributed by atoms with Gasteiger partial charge in [-0.2, -0.15) is 0 Å². The highest BCUT2D eigenvalue weighted by Crippen LogP contribution is 2.32. The van der Waals surface area contributed by atoms with E-state index in [4.69, 9.17) is 16.7 Å². The van der Waals surface area contributed by atoms with E-state index in [2.05, 4.69) is 20.9 Å². The number of hydrogen-bond acceptors (Lipinski definition) is 2. The molecule has 1 heterocycles. The lowest BCUT2D eigenvalue weighted by Crippen LogP contribution is -2.10. The molecule has 0 spiro atoms. The van der Waals surface area contributed by atoms with Gasteiger partial charge < -0.3 is 9.67 Å². The van der Waals surface area contributed by atoms with E-state index in [0.717, 1.165) is 15.5 Å². The Morgan fingerprint density at radius 1 is 1.29 bits per heavy atom. The van der Waals surface area contributed by atoms with E-state index in [1.165, 1.54) is 0 Å². The second-order valence-electron chi connectivity index (χ2n) is 4.53. The summed E-state index contributed by atoms with van der Waals surface area (Å²) in [5.41, 5.74) is 2.22. The first-order chi connectivity index (χ1) is 10.1. The molecule has 4 nitrogen and oxygen atoms in total. The van der Waals surface area contributed by atoms with Crippen LogP contribution in [0.15, 0.2) is 46.9 Å². The van der Waals surface area contributed by atoms with Crippen LogP contribution in [0.3, 0.4) is 0 Å². The van der Waals surface area contributed by atoms with Gasteiger partial charge in [0.15, 0.2) is 0 Å². The molecule has 2 aromatic carbocycles. The molecule has 3 aromatic rings. The molecule has 0 unspecified atom stereocenters. The molecule has 6 heteroatoms. The van der Waals surface area contributed by atoms with Crippen LogP contribution in [0, 0.1) is 0 Å². The van der Waals surface area contributed by atoms with Crippen LogP contribution in [0.25, 0.3) is 22.4 Å². The molecule has 0 atom stereocenters. The number of para-hydroxylation sites is 2. The summed E-state index contributed by atoms with van der Waals surface area (Å²) in [4.78, 5) is 15.7. The summed E-state index contributed by atoms with van der Waals surface area (Å²) in [5.74, 6) is -0.372. The van der Waals surface area contributed by atoms with Crippen molar-refractivity contribution >= 4 is 44.5 Å². The molecule has 0 bridgehead atoms. The number of hydrogen-bond donors (Lipinski definition) is 1. The minimum absolute atomic E-state index is 0.164. The zero-order valence-electron chi connectivity index (χ0n) is 10.8. The topological polar surface area (TPSA) is 55.1 Å². The summed E-state index contributed by atoms with van der Waals surface area (Å²) in [6.07, 6.45) is 0. The molecule has 0 aliphatic carbocycles. The molecule has 0 saturated heterocycles. The van der Waals surface area contributed by atoms with Gasteiger partial charge in [0.05, 0.1) is 16.1 Å². The minimum Gasteiger partial charge on any atom is -0.480 e. The first-order valence-electron chi connectivity index (χ1n) is 6.19. The molecule has 106 valence electrons. The first-order valence-corrected chi connectivity index (χ1v) is 7.36. The van der Waals surface area contributed by atoms with E-state index < -0.39 is 5.97 Å². The molecule has 3 rings (SSSR count). The maximum absolute atomic E-state index is 11.1. The van der Waals surface area contributed by atoms with Crippen molar-refractivity contribution in [2.24, 2.45) is 0 Å². The van der Waals surface area contributed by atoms with Crippen molar-refractivity contribution in [3.63, 3.8) is 0 Å². The zero-order chi connectivity index (χ0) is 15.0. The van der Waals surface area contributed by atoms with Crippen LogP contribution in [-0.4, -0.2) is 20.6 Å². The number of carboxylic acids is 1. The largest absolute Gasteiger partial charge is 0.480 e. The van der Waals surface area contributed by atoms with Crippen molar-refractivity contribution in [3.8, 4) is 11.4 Å². The third kappa shape index (κ3) is 2.66. The Morgan fingerprint density at radius 3 is 2.76 bits per heavy atom. The Kier molecular flexibility index (Phi) is 3.69. The van der Waals surface area contributed by atoms with Crippen molar-refractivity contribution in [3.05, 3.63) is 52.0 Å². The number of fused-ring (bicyclic) bond motifs is 1. The fraction of sp³-hybridized carbons (Fsp3) is 0.0667. The second-order valence-corrected chi connectivity index (χ2v) is 5.85. The van der Waals surface area contributed by atoms with Crippen molar-refractivity contribution in [2.75, 3.05) is 0 Å². The number of nitrogens with zero attached hydrogens (tertiary/aromatic N) is 2. The molecule has 0 saturated carbocycles. The van der Waals surface area contributed by atoms with E-state index in [9.17, 15) is 4.79 Å². The van der Waals surface area contributed by atoms with Crippen LogP contribution in [0.2, 0.25) is 5.02 Å². The van der Waals surface area contributed by atoms with Gasteiger partial charge in [-0.3, -0.25) is 4.79 Å². The molecule has 0 aliphatic heterocycles. The molecule has 0 radical (unpaired) electrons. The lowest BCUT2D eigenvalue weighted by molar-refractivity contribution is -0.137. The maximum Gasteiger partial charge on any atom is 0.323 e. The third-order valence-corrected chi connectivity index (χ3v) is 3.93. The number of aromatic nitrogens is 2. The van der Waals surface area contributed by atoms with Gasteiger partial charge in [0.25, 0.3) is 0 Å². The number of imidazole rings is 1. The number of rotatable bonds is 3. The zero-order valence-corrected chi connectivity index (χ0v) is 13.1. The lowest BCUT2D eigenvalue weighted by Gasteiger charge is -2.08. The molecule has 1 N–H and O–H groups in total. The molecular weight excluding hydrogens is 356 g/mol. The van der Waals surface area contributed by atoms with Crippen molar-refractivity contribution in [2.45, 2.75) is 6.54 Å². The lowest BCUT2D eigenvalue weighted by atomic mass is 10.2. The van der Waals surface area contributed by atoms with Crippen molar-refractivity contribution in [1.82, 2.24) is 9.55 Å². The fourth-order valence-electron chi connectivity index (χ4n) is 2.25. The molecule has 0 fully saturated rings. The van der Waals surface area contributed by atoms with Gasteiger partial charge in [0, 0.05) is 10.0 Å². The fourth-order valence-corrected chi connectivity index (χ4v) is 3.01. The quantitative estimate of drug-likeness (QED) is 0.756. The highest BCUT2D eigenvalue weighted by Gasteiger charge is 2.16. The minimum atomic E-state index is -0.923. The highest BCUT2D eigenvalue weighted by molar-refractivity contribution is 9.10. The number of carbonyl (C=O) groups is 1. The van der Waals surface area contributed by atoms with Crippen molar-refractivity contribution in [1.29, 1.82) is 0 Å². The smallest absolute Gasteiger partial charge is 0.323 e. The Bertz CT molecular complexity index is 845. The summed E-state index contributed by atoms with van der Waals surface area (Å²) in [7, 11) is 0. The molecule has 0 amide bonds. The average molecular weight is 366 g/mol. The SMILES string of the molecule is O=C(O)Cn1c(-c2ccc(Br)cc2Cl)nc2ccccc21. The summed E-state index contributed by atoms with van der Waals surface area (Å²) < 4.78 is 2.52. The van der Waals surface area contributed by atoms with E-state index >= 15 is 0 Å². The van der Waals surface area contributed by atoms with Gasteiger partial charge in [-0.25, -0.2) is 4.98 Å². The van der Waals surface area contributed by atoms with Crippen LogP contribution in [0.1, 0.15) is 0 Å². The van der Waals surface area contributed by atoms with E-state index in [1.54, 1.807) is 10.6 Å². The van der Waals surface area contributed by atoms with E-state index in [1.807, 2.05) is 36.4 Å². The predicted molar refractivity (Wildman–Crippen MR) is 85.5 cm³/mol. The summed E-state index contributed by atoms with van der Waals surface area (Å²) in [6.45, 7) is -0.164. The Morgan fingerprint density at radius 2 is 2.05 bits per heavy atom. The van der Waals surface area contributed by atoms with Gasteiger partial charge in [-0.1, -0.05) is 39.7 Å². The van der Waals surface area contributed by atoms with E-state index in [-0.39, 0.29) is 6.54 Å². The molecule has 21 heavy (non-hydrogen) atoms. The average Bonchev–Trinajstić information content (AvgIpc) is 2.77. The number of benzene rings is 2. The number of aliphatic carboxylic acids is 1. The molecule has 1 aromatic heterocycles. The molecular formula is C15H10BrClN2O2. The van der Waals surface area contributed by atoms with Crippen LogP contribution >= 0.6 is 27.5 Å². The third-order valence-electron chi connectivity index (χ3n) is 3.12. The van der Waals surface area contributed by atoms with Crippen LogP contribution in [0.4, 0.5) is 0 Å². The summed E-state index contributed by atoms with van der Waals surface area (Å²) in [5, 5.41) is 9.66. The second kappa shape index (κ2) is 5.50. The van der Waals surface area contributed by atoms with E-state index in [0.29, 0.717) is 16.4 Å². The highest BCUT2D eigenvalue weighted by atomic mass is 79.9. The standard InChI is InChI=1S/C15H10BrClN2O2/c16-9-5-6-10(11(17)7-9)15-18-12-3-1-2-4-13(12)19(15)8-14(20)21/h1-7H,8H2,(H,20,21). The van der Waals surface area contributed by atoms with Crippen molar-refractivity contribution < 1.29 is 9.90 Å². The van der Waals surface area contributed by atoms with Gasteiger partial charge in [0.2, 0.25) is 0 Å². The number of halogens is 2. The predicted octanol–water partition coefficient (Wildman–Crippen LogP) is 4.20. The Hall–Kier alpha value is -1.85. The Labute approximate surface area is 134 Å². The normalized spacial score (nSPS) is 11.0. The summed E-state index contributed by atoms with van der Waals surface area (Å²) >= 11 is 9.63. The Balaban J connectivity index is 2.28. The van der Waals surface area contributed by atoms with Gasteiger partial charge in [0.1, 0.15) is 12.4 Å². The van der Waals surface area contributed by atoms with Gasteiger partial charge >= 0.3 is 5.97 Å². The molecule has 0 aliphatic rings. The van der Waals surface area contributed by atoms with Crippen LogP contribution in [0.5, 0.6) is 0 Å². The van der Waals surface area contributed by atoms with Crippen LogP contribution in [-0.2, 0) is 11.3 Å². The van der Waals surface area contributed by atoms with Gasteiger partial charge in [-0.15, -0.1) is 0 Å². The number of carboxylic acid groups (broad SMARTS) is 1.